The number of methoxy groups -OCH3 is 1. The van der Waals surface area contributed by atoms with Crippen LogP contribution >= 0.6 is 22.6 Å². The first kappa shape index (κ1) is 10.2. The molecule has 0 fully saturated rings. The maximum Gasteiger partial charge on any atom is 0.120 e. The minimum Gasteiger partial charge on any atom is -0.497 e. The lowest BCUT2D eigenvalue weighted by Gasteiger charge is -2.26. The quantitative estimate of drug-likeness (QED) is 0.738. The minimum atomic E-state index is 0.984. The first-order valence-corrected chi connectivity index (χ1v) is 5.82. The van der Waals surface area contributed by atoms with Crippen LogP contribution in [0.15, 0.2) is 12.1 Å². The van der Waals surface area contributed by atoms with E-state index in [1.807, 2.05) is 0 Å². The Morgan fingerprint density at radius 1 is 1.43 bits per heavy atom. The number of halogens is 1. The van der Waals surface area contributed by atoms with Gasteiger partial charge in [0.05, 0.1) is 7.11 Å². The van der Waals surface area contributed by atoms with Gasteiger partial charge in [-0.25, -0.2) is 0 Å². The number of hydrogen-bond donors (Lipinski definition) is 0. The highest BCUT2D eigenvalue weighted by atomic mass is 127. The first-order chi connectivity index (χ1) is 6.70. The zero-order valence-electron chi connectivity index (χ0n) is 8.51. The number of benzene rings is 1. The van der Waals surface area contributed by atoms with E-state index >= 15 is 0 Å². The van der Waals surface area contributed by atoms with E-state index in [0.717, 1.165) is 25.3 Å². The number of fused-ring (bicyclic) bond motifs is 1. The summed E-state index contributed by atoms with van der Waals surface area (Å²) in [4.78, 5) is 2.36. The molecule has 3 heteroatoms. The first-order valence-electron chi connectivity index (χ1n) is 4.74. The van der Waals surface area contributed by atoms with Crippen molar-refractivity contribution in [3.63, 3.8) is 0 Å². The number of rotatable bonds is 1. The standard InChI is InChI=1S/C11H14INO/c1-13-4-3-8-5-9(14-2)6-11(12)10(8)7-13/h5-6H,3-4,7H2,1-2H3. The van der Waals surface area contributed by atoms with Gasteiger partial charge >= 0.3 is 0 Å². The van der Waals surface area contributed by atoms with Crippen LogP contribution in [-0.4, -0.2) is 25.6 Å². The lowest BCUT2D eigenvalue weighted by atomic mass is 10.00. The third-order valence-corrected chi connectivity index (χ3v) is 3.65. The summed E-state index contributed by atoms with van der Waals surface area (Å²) in [6.45, 7) is 2.22. The fraction of sp³-hybridized carbons (Fsp3) is 0.455. The predicted octanol–water partition coefficient (Wildman–Crippen LogP) is 2.29. The van der Waals surface area contributed by atoms with Crippen molar-refractivity contribution in [2.75, 3.05) is 20.7 Å². The van der Waals surface area contributed by atoms with Gasteiger partial charge in [0.2, 0.25) is 0 Å². The number of ether oxygens (including phenoxy) is 1. The Bertz CT molecular complexity index is 351. The SMILES string of the molecule is COc1cc(I)c2c(c1)CCN(C)C2. The molecular formula is C11H14INO. The molecule has 1 aliphatic heterocycles. The highest BCUT2D eigenvalue weighted by Crippen LogP contribution is 2.28. The second kappa shape index (κ2) is 4.06. The molecule has 0 aromatic heterocycles. The molecule has 2 rings (SSSR count). The van der Waals surface area contributed by atoms with E-state index in [4.69, 9.17) is 4.74 Å². The summed E-state index contributed by atoms with van der Waals surface area (Å²) in [6, 6.07) is 4.28. The van der Waals surface area contributed by atoms with Crippen LogP contribution in [0.25, 0.3) is 0 Å². The maximum absolute atomic E-state index is 5.27. The Labute approximate surface area is 98.4 Å². The van der Waals surface area contributed by atoms with Crippen LogP contribution in [0.2, 0.25) is 0 Å². The molecule has 0 unspecified atom stereocenters. The molecule has 76 valence electrons. The van der Waals surface area contributed by atoms with E-state index in [-0.39, 0.29) is 0 Å². The molecule has 0 saturated heterocycles. The highest BCUT2D eigenvalue weighted by Gasteiger charge is 2.16. The molecule has 0 amide bonds. The Balaban J connectivity index is 2.43. The van der Waals surface area contributed by atoms with Crippen LogP contribution in [0.4, 0.5) is 0 Å². The fourth-order valence-electron chi connectivity index (χ4n) is 1.84. The molecule has 0 spiro atoms. The number of likely N-dealkylation sites (N-methyl/N-ethyl adjacent to an activating group) is 1. The van der Waals surface area contributed by atoms with Crippen LogP contribution in [0, 0.1) is 3.57 Å². The van der Waals surface area contributed by atoms with Gasteiger partial charge in [-0.15, -0.1) is 0 Å². The molecule has 2 nitrogen and oxygen atoms in total. The molecule has 0 aliphatic carbocycles. The third-order valence-electron chi connectivity index (χ3n) is 2.69. The van der Waals surface area contributed by atoms with Gasteiger partial charge < -0.3 is 9.64 Å². The molecule has 0 atom stereocenters. The van der Waals surface area contributed by atoms with Gasteiger partial charge in [-0.05, 0) is 59.3 Å². The monoisotopic (exact) mass is 303 g/mol. The molecule has 0 radical (unpaired) electrons. The molecule has 0 saturated carbocycles. The zero-order valence-corrected chi connectivity index (χ0v) is 10.7. The van der Waals surface area contributed by atoms with Crippen molar-refractivity contribution in [1.82, 2.24) is 4.90 Å². The summed E-state index contributed by atoms with van der Waals surface area (Å²) in [5, 5.41) is 0. The van der Waals surface area contributed by atoms with E-state index in [0.29, 0.717) is 0 Å². The van der Waals surface area contributed by atoms with Gasteiger partial charge in [-0.1, -0.05) is 0 Å². The number of nitrogens with zero attached hydrogens (tertiary/aromatic N) is 1. The van der Waals surface area contributed by atoms with Gasteiger partial charge in [0.1, 0.15) is 5.75 Å². The largest absolute Gasteiger partial charge is 0.497 e. The van der Waals surface area contributed by atoms with Crippen molar-refractivity contribution in [2.24, 2.45) is 0 Å². The highest BCUT2D eigenvalue weighted by molar-refractivity contribution is 14.1. The predicted molar refractivity (Wildman–Crippen MR) is 65.7 cm³/mol. The molecule has 1 aromatic rings. The van der Waals surface area contributed by atoms with Gasteiger partial charge in [0.25, 0.3) is 0 Å². The van der Waals surface area contributed by atoms with E-state index in [1.165, 1.54) is 14.7 Å². The van der Waals surface area contributed by atoms with Crippen molar-refractivity contribution in [3.05, 3.63) is 26.8 Å². The Hall–Kier alpha value is -0.290. The molecule has 14 heavy (non-hydrogen) atoms. The maximum atomic E-state index is 5.27. The summed E-state index contributed by atoms with van der Waals surface area (Å²) in [5.41, 5.74) is 2.92. The average Bonchev–Trinajstić information content (AvgIpc) is 2.19. The molecular weight excluding hydrogens is 289 g/mol. The summed E-state index contributed by atoms with van der Waals surface area (Å²) in [7, 11) is 3.90. The van der Waals surface area contributed by atoms with Gasteiger partial charge in [-0.2, -0.15) is 0 Å². The normalized spacial score (nSPS) is 16.5. The minimum absolute atomic E-state index is 0.984. The molecule has 1 aromatic carbocycles. The van der Waals surface area contributed by atoms with Crippen molar-refractivity contribution in [2.45, 2.75) is 13.0 Å². The van der Waals surface area contributed by atoms with Gasteiger partial charge in [0, 0.05) is 16.7 Å². The van der Waals surface area contributed by atoms with Gasteiger partial charge in [0.15, 0.2) is 0 Å². The number of hydrogen-bond acceptors (Lipinski definition) is 2. The van der Waals surface area contributed by atoms with Crippen LogP contribution in [0.5, 0.6) is 5.75 Å². The van der Waals surface area contributed by atoms with E-state index in [9.17, 15) is 0 Å². The summed E-state index contributed by atoms with van der Waals surface area (Å²) < 4.78 is 6.59. The molecule has 1 heterocycles. The van der Waals surface area contributed by atoms with Crippen molar-refractivity contribution in [3.8, 4) is 5.75 Å². The lowest BCUT2D eigenvalue weighted by molar-refractivity contribution is 0.311. The second-order valence-electron chi connectivity index (χ2n) is 3.73. The lowest BCUT2D eigenvalue weighted by Crippen LogP contribution is -2.27. The van der Waals surface area contributed by atoms with E-state index < -0.39 is 0 Å². The summed E-state index contributed by atoms with van der Waals surface area (Å²) in [5.74, 6) is 0.984. The molecule has 0 bridgehead atoms. The summed E-state index contributed by atoms with van der Waals surface area (Å²) >= 11 is 2.40. The zero-order chi connectivity index (χ0) is 10.1. The van der Waals surface area contributed by atoms with Crippen LogP contribution in [0.1, 0.15) is 11.1 Å². The summed E-state index contributed by atoms with van der Waals surface area (Å²) in [6.07, 6.45) is 1.14. The Kier molecular flexibility index (Phi) is 2.97. The van der Waals surface area contributed by atoms with Crippen LogP contribution in [0.3, 0.4) is 0 Å². The Morgan fingerprint density at radius 3 is 2.93 bits per heavy atom. The van der Waals surface area contributed by atoms with Crippen LogP contribution < -0.4 is 4.74 Å². The van der Waals surface area contributed by atoms with Crippen molar-refractivity contribution >= 4 is 22.6 Å². The molecule has 0 N–H and O–H groups in total. The topological polar surface area (TPSA) is 12.5 Å². The van der Waals surface area contributed by atoms with E-state index in [1.54, 1.807) is 7.11 Å². The van der Waals surface area contributed by atoms with Crippen molar-refractivity contribution in [1.29, 1.82) is 0 Å². The van der Waals surface area contributed by atoms with Crippen molar-refractivity contribution < 1.29 is 4.74 Å². The van der Waals surface area contributed by atoms with E-state index in [2.05, 4.69) is 46.7 Å². The smallest absolute Gasteiger partial charge is 0.120 e. The van der Waals surface area contributed by atoms with Gasteiger partial charge in [-0.3, -0.25) is 0 Å². The third kappa shape index (κ3) is 1.88. The average molecular weight is 303 g/mol. The van der Waals surface area contributed by atoms with Crippen LogP contribution in [-0.2, 0) is 13.0 Å². The Morgan fingerprint density at radius 2 is 2.21 bits per heavy atom. The molecule has 1 aliphatic rings. The fourth-order valence-corrected chi connectivity index (χ4v) is 2.67. The second-order valence-corrected chi connectivity index (χ2v) is 4.90.